The highest BCUT2D eigenvalue weighted by atomic mass is 19.1. The van der Waals surface area contributed by atoms with Gasteiger partial charge in [-0.15, -0.1) is 0 Å². The third-order valence-electron chi connectivity index (χ3n) is 3.46. The van der Waals surface area contributed by atoms with Gasteiger partial charge >= 0.3 is 0 Å². The Morgan fingerprint density at radius 1 is 1.44 bits per heavy atom. The first-order valence-corrected chi connectivity index (χ1v) is 6.22. The minimum atomic E-state index is -0.598. The maximum atomic E-state index is 13.4. The van der Waals surface area contributed by atoms with Crippen molar-refractivity contribution in [3.05, 3.63) is 29.8 Å². The summed E-state index contributed by atoms with van der Waals surface area (Å²) in [5.41, 5.74) is 0.0364. The molecule has 18 heavy (non-hydrogen) atoms. The van der Waals surface area contributed by atoms with Gasteiger partial charge < -0.3 is 10.4 Å². The highest BCUT2D eigenvalue weighted by Crippen LogP contribution is 2.23. The van der Waals surface area contributed by atoms with Crippen LogP contribution in [0.25, 0.3) is 0 Å². The molecule has 2 N–H and O–H groups in total. The van der Waals surface area contributed by atoms with Crippen molar-refractivity contribution in [1.82, 2.24) is 10.3 Å². The standard InChI is InChI=1S/C13H17FN2O2/c14-12-7-15-6-5-11(12)13(18)16-10-3-1-9(8-17)2-4-10/h5-7,9-10,17H,1-4,8H2,(H,16,18). The van der Waals surface area contributed by atoms with Crippen molar-refractivity contribution in [2.75, 3.05) is 6.61 Å². The van der Waals surface area contributed by atoms with Gasteiger partial charge in [-0.3, -0.25) is 9.78 Å². The lowest BCUT2D eigenvalue weighted by Crippen LogP contribution is -2.38. The Bertz CT molecular complexity index is 417. The van der Waals surface area contributed by atoms with Gasteiger partial charge in [0.25, 0.3) is 5.91 Å². The van der Waals surface area contributed by atoms with Crippen LogP contribution in [-0.2, 0) is 0 Å². The van der Waals surface area contributed by atoms with Gasteiger partial charge in [0.15, 0.2) is 5.82 Å². The molecule has 1 heterocycles. The van der Waals surface area contributed by atoms with Gasteiger partial charge in [0.1, 0.15) is 0 Å². The molecule has 0 aromatic carbocycles. The van der Waals surface area contributed by atoms with Crippen LogP contribution in [0.15, 0.2) is 18.5 Å². The molecule has 0 spiro atoms. The molecule has 4 nitrogen and oxygen atoms in total. The van der Waals surface area contributed by atoms with Crippen molar-refractivity contribution in [3.63, 3.8) is 0 Å². The molecule has 0 saturated heterocycles. The molecule has 0 unspecified atom stereocenters. The number of hydrogen-bond acceptors (Lipinski definition) is 3. The topological polar surface area (TPSA) is 62.2 Å². The second kappa shape index (κ2) is 5.91. The van der Waals surface area contributed by atoms with Gasteiger partial charge in [0.2, 0.25) is 0 Å². The Kier molecular flexibility index (Phi) is 4.25. The first kappa shape index (κ1) is 13.0. The summed E-state index contributed by atoms with van der Waals surface area (Å²) in [7, 11) is 0. The largest absolute Gasteiger partial charge is 0.396 e. The zero-order chi connectivity index (χ0) is 13.0. The lowest BCUT2D eigenvalue weighted by atomic mass is 9.86. The molecule has 5 heteroatoms. The number of nitrogens with one attached hydrogen (secondary N) is 1. The van der Waals surface area contributed by atoms with E-state index in [2.05, 4.69) is 10.3 Å². The van der Waals surface area contributed by atoms with Gasteiger partial charge in [0.05, 0.1) is 11.8 Å². The van der Waals surface area contributed by atoms with E-state index in [0.717, 1.165) is 31.9 Å². The number of nitrogens with zero attached hydrogens (tertiary/aromatic N) is 1. The predicted octanol–water partition coefficient (Wildman–Crippen LogP) is 1.50. The minimum absolute atomic E-state index is 0.0364. The summed E-state index contributed by atoms with van der Waals surface area (Å²) in [4.78, 5) is 15.5. The summed E-state index contributed by atoms with van der Waals surface area (Å²) < 4.78 is 13.4. The van der Waals surface area contributed by atoms with E-state index in [1.54, 1.807) is 0 Å². The number of aliphatic hydroxyl groups excluding tert-OH is 1. The van der Waals surface area contributed by atoms with E-state index in [4.69, 9.17) is 5.11 Å². The van der Waals surface area contributed by atoms with Crippen molar-refractivity contribution < 1.29 is 14.3 Å². The Morgan fingerprint density at radius 2 is 2.17 bits per heavy atom. The SMILES string of the molecule is O=C(NC1CCC(CO)CC1)c1ccncc1F. The Hall–Kier alpha value is -1.49. The van der Waals surface area contributed by atoms with E-state index >= 15 is 0 Å². The average molecular weight is 252 g/mol. The molecule has 1 aliphatic carbocycles. The quantitative estimate of drug-likeness (QED) is 0.857. The maximum Gasteiger partial charge on any atom is 0.254 e. The Balaban J connectivity index is 1.91. The van der Waals surface area contributed by atoms with Crippen LogP contribution in [0.5, 0.6) is 0 Å². The van der Waals surface area contributed by atoms with Crippen molar-refractivity contribution in [2.24, 2.45) is 5.92 Å². The number of carbonyl (C=O) groups is 1. The highest BCUT2D eigenvalue weighted by Gasteiger charge is 2.23. The number of aromatic nitrogens is 1. The van der Waals surface area contributed by atoms with E-state index in [0.29, 0.717) is 5.92 Å². The van der Waals surface area contributed by atoms with E-state index in [1.807, 2.05) is 0 Å². The van der Waals surface area contributed by atoms with E-state index in [9.17, 15) is 9.18 Å². The van der Waals surface area contributed by atoms with Crippen LogP contribution in [0.4, 0.5) is 4.39 Å². The van der Waals surface area contributed by atoms with E-state index in [-0.39, 0.29) is 24.1 Å². The van der Waals surface area contributed by atoms with Crippen LogP contribution in [0.1, 0.15) is 36.0 Å². The smallest absolute Gasteiger partial charge is 0.254 e. The second-order valence-corrected chi connectivity index (χ2v) is 4.73. The van der Waals surface area contributed by atoms with Crippen LogP contribution in [-0.4, -0.2) is 28.6 Å². The van der Waals surface area contributed by atoms with Crippen LogP contribution < -0.4 is 5.32 Å². The first-order chi connectivity index (χ1) is 8.70. The van der Waals surface area contributed by atoms with Crippen LogP contribution in [0, 0.1) is 11.7 Å². The van der Waals surface area contributed by atoms with Crippen molar-refractivity contribution >= 4 is 5.91 Å². The van der Waals surface area contributed by atoms with E-state index in [1.165, 1.54) is 12.3 Å². The average Bonchev–Trinajstić information content (AvgIpc) is 2.40. The fourth-order valence-electron chi connectivity index (χ4n) is 2.31. The number of rotatable bonds is 3. The highest BCUT2D eigenvalue weighted by molar-refractivity contribution is 5.94. The van der Waals surface area contributed by atoms with Gasteiger partial charge in [0, 0.05) is 18.8 Å². The molecular formula is C13H17FN2O2. The third-order valence-corrected chi connectivity index (χ3v) is 3.46. The molecule has 1 amide bonds. The molecule has 1 fully saturated rings. The van der Waals surface area contributed by atoms with Gasteiger partial charge in [-0.2, -0.15) is 0 Å². The summed E-state index contributed by atoms with van der Waals surface area (Å²) in [5.74, 6) is -0.641. The normalized spacial score (nSPS) is 23.7. The molecule has 1 saturated carbocycles. The molecule has 0 bridgehead atoms. The van der Waals surface area contributed by atoms with Crippen molar-refractivity contribution in [1.29, 1.82) is 0 Å². The monoisotopic (exact) mass is 252 g/mol. The fourth-order valence-corrected chi connectivity index (χ4v) is 2.31. The number of pyridine rings is 1. The third kappa shape index (κ3) is 3.04. The number of carbonyl (C=O) groups excluding carboxylic acids is 1. The maximum absolute atomic E-state index is 13.4. The first-order valence-electron chi connectivity index (χ1n) is 6.22. The molecule has 0 radical (unpaired) electrons. The molecule has 0 aliphatic heterocycles. The Morgan fingerprint density at radius 3 is 2.78 bits per heavy atom. The Labute approximate surface area is 105 Å². The number of aliphatic hydroxyl groups is 1. The zero-order valence-corrected chi connectivity index (χ0v) is 10.1. The van der Waals surface area contributed by atoms with Crippen molar-refractivity contribution in [2.45, 2.75) is 31.7 Å². The molecular weight excluding hydrogens is 235 g/mol. The molecule has 1 aromatic rings. The number of hydrogen-bond donors (Lipinski definition) is 2. The van der Waals surface area contributed by atoms with Gasteiger partial charge in [-0.1, -0.05) is 0 Å². The van der Waals surface area contributed by atoms with Gasteiger partial charge in [-0.25, -0.2) is 4.39 Å². The van der Waals surface area contributed by atoms with E-state index < -0.39 is 5.82 Å². The molecule has 0 atom stereocenters. The predicted molar refractivity (Wildman–Crippen MR) is 64.5 cm³/mol. The minimum Gasteiger partial charge on any atom is -0.396 e. The lowest BCUT2D eigenvalue weighted by molar-refractivity contribution is 0.0909. The van der Waals surface area contributed by atoms with Crippen molar-refractivity contribution in [3.8, 4) is 0 Å². The lowest BCUT2D eigenvalue weighted by Gasteiger charge is -2.27. The summed E-state index contributed by atoms with van der Waals surface area (Å²) in [6, 6.07) is 1.46. The number of amides is 1. The molecule has 1 aliphatic rings. The van der Waals surface area contributed by atoms with Crippen LogP contribution >= 0.6 is 0 Å². The van der Waals surface area contributed by atoms with Crippen LogP contribution in [0.2, 0.25) is 0 Å². The van der Waals surface area contributed by atoms with Gasteiger partial charge in [-0.05, 0) is 37.7 Å². The second-order valence-electron chi connectivity index (χ2n) is 4.73. The summed E-state index contributed by atoms with van der Waals surface area (Å²) >= 11 is 0. The summed E-state index contributed by atoms with van der Waals surface area (Å²) in [5, 5.41) is 11.9. The summed E-state index contributed by atoms with van der Waals surface area (Å²) in [6.45, 7) is 0.208. The number of halogens is 1. The molecule has 98 valence electrons. The molecule has 2 rings (SSSR count). The molecule has 1 aromatic heterocycles. The van der Waals surface area contributed by atoms with Crippen LogP contribution in [0.3, 0.4) is 0 Å². The summed E-state index contributed by atoms with van der Waals surface area (Å²) in [6.07, 6.45) is 5.92. The zero-order valence-electron chi connectivity index (χ0n) is 10.1. The fraction of sp³-hybridized carbons (Fsp3) is 0.538.